The van der Waals surface area contributed by atoms with E-state index in [1.54, 1.807) is 25.1 Å². The van der Waals surface area contributed by atoms with Gasteiger partial charge in [-0.1, -0.05) is 30.7 Å². The van der Waals surface area contributed by atoms with E-state index in [-0.39, 0.29) is 0 Å². The van der Waals surface area contributed by atoms with E-state index in [4.69, 9.17) is 16.7 Å². The van der Waals surface area contributed by atoms with Gasteiger partial charge in [-0.25, -0.2) is 4.39 Å². The molecule has 0 heterocycles. The molecule has 1 atom stereocenters. The SMILES string of the molecule is CC(Cc1ccc(C(C)(C)F)cc1Cl)C(=O)O. The summed E-state index contributed by atoms with van der Waals surface area (Å²) in [6.07, 6.45) is 0.348. The predicted molar refractivity (Wildman–Crippen MR) is 66.1 cm³/mol. The van der Waals surface area contributed by atoms with E-state index in [0.29, 0.717) is 17.0 Å². The molecule has 0 aromatic heterocycles. The third-order valence-corrected chi connectivity index (χ3v) is 3.04. The van der Waals surface area contributed by atoms with Gasteiger partial charge in [0.15, 0.2) is 0 Å². The Balaban J connectivity index is 2.95. The minimum Gasteiger partial charge on any atom is -0.481 e. The molecule has 1 unspecified atom stereocenters. The molecular weight excluding hydrogens is 243 g/mol. The van der Waals surface area contributed by atoms with Crippen molar-refractivity contribution in [2.24, 2.45) is 5.92 Å². The summed E-state index contributed by atoms with van der Waals surface area (Å²) >= 11 is 6.02. The van der Waals surface area contributed by atoms with Crippen molar-refractivity contribution < 1.29 is 14.3 Å². The van der Waals surface area contributed by atoms with Gasteiger partial charge in [-0.2, -0.15) is 0 Å². The fraction of sp³-hybridized carbons (Fsp3) is 0.462. The zero-order valence-electron chi connectivity index (χ0n) is 10.1. The maximum atomic E-state index is 13.7. The maximum Gasteiger partial charge on any atom is 0.306 e. The molecule has 0 radical (unpaired) electrons. The van der Waals surface area contributed by atoms with Crippen molar-refractivity contribution in [2.45, 2.75) is 32.9 Å². The molecule has 0 saturated carbocycles. The highest BCUT2D eigenvalue weighted by Crippen LogP contribution is 2.29. The Morgan fingerprint density at radius 1 is 1.53 bits per heavy atom. The standard InChI is InChI=1S/C13H16ClFO2/c1-8(12(16)17)6-9-4-5-10(7-11(9)14)13(2,3)15/h4-5,7-8H,6H2,1-3H3,(H,16,17). The number of alkyl halides is 1. The van der Waals surface area contributed by atoms with E-state index in [2.05, 4.69) is 0 Å². The molecule has 0 fully saturated rings. The van der Waals surface area contributed by atoms with Gasteiger partial charge in [0.2, 0.25) is 0 Å². The Bertz CT molecular complexity index is 424. The highest BCUT2D eigenvalue weighted by Gasteiger charge is 2.20. The van der Waals surface area contributed by atoms with Crippen LogP contribution in [0.25, 0.3) is 0 Å². The molecule has 0 bridgehead atoms. The monoisotopic (exact) mass is 258 g/mol. The molecule has 1 rings (SSSR count). The molecule has 0 amide bonds. The van der Waals surface area contributed by atoms with Crippen molar-refractivity contribution in [1.29, 1.82) is 0 Å². The molecule has 0 aliphatic rings. The van der Waals surface area contributed by atoms with Gasteiger partial charge in [0.05, 0.1) is 5.92 Å². The van der Waals surface area contributed by atoms with Gasteiger partial charge in [-0.15, -0.1) is 0 Å². The first-order valence-corrected chi connectivity index (χ1v) is 5.80. The molecule has 0 aliphatic carbocycles. The van der Waals surface area contributed by atoms with Crippen molar-refractivity contribution in [1.82, 2.24) is 0 Å². The zero-order valence-corrected chi connectivity index (χ0v) is 10.9. The molecule has 17 heavy (non-hydrogen) atoms. The van der Waals surface area contributed by atoms with E-state index in [1.165, 1.54) is 13.8 Å². The molecule has 0 spiro atoms. The second kappa shape index (κ2) is 5.05. The summed E-state index contributed by atoms with van der Waals surface area (Å²) in [5.41, 5.74) is -0.218. The number of carboxylic acids is 1. The Kier molecular flexibility index (Phi) is 4.15. The summed E-state index contributed by atoms with van der Waals surface area (Å²) in [4.78, 5) is 10.7. The van der Waals surface area contributed by atoms with Crippen LogP contribution in [0.5, 0.6) is 0 Å². The fourth-order valence-corrected chi connectivity index (χ4v) is 1.76. The van der Waals surface area contributed by atoms with Crippen molar-refractivity contribution >= 4 is 17.6 Å². The molecule has 4 heteroatoms. The average Bonchev–Trinajstić information content (AvgIpc) is 2.19. The summed E-state index contributed by atoms with van der Waals surface area (Å²) < 4.78 is 13.7. The normalized spacial score (nSPS) is 13.5. The van der Waals surface area contributed by atoms with Crippen molar-refractivity contribution in [3.05, 3.63) is 34.3 Å². The predicted octanol–water partition coefficient (Wildman–Crippen LogP) is 3.81. The molecule has 2 nitrogen and oxygen atoms in total. The fourth-order valence-electron chi connectivity index (χ4n) is 1.50. The number of hydrogen-bond acceptors (Lipinski definition) is 1. The second-order valence-corrected chi connectivity index (χ2v) is 5.13. The number of hydrogen-bond donors (Lipinski definition) is 1. The smallest absolute Gasteiger partial charge is 0.306 e. The van der Waals surface area contributed by atoms with Crippen LogP contribution in [0.4, 0.5) is 4.39 Å². The zero-order chi connectivity index (χ0) is 13.2. The Labute approximate surface area is 105 Å². The number of halogens is 2. The summed E-state index contributed by atoms with van der Waals surface area (Å²) in [6, 6.07) is 4.90. The number of carboxylic acid groups (broad SMARTS) is 1. The highest BCUT2D eigenvalue weighted by atomic mass is 35.5. The van der Waals surface area contributed by atoms with Crippen LogP contribution in [-0.2, 0) is 16.9 Å². The van der Waals surface area contributed by atoms with Crippen molar-refractivity contribution in [3.63, 3.8) is 0 Å². The first-order chi connectivity index (χ1) is 7.71. The van der Waals surface area contributed by atoms with E-state index >= 15 is 0 Å². The quantitative estimate of drug-likeness (QED) is 0.892. The van der Waals surface area contributed by atoms with Crippen LogP contribution in [0.15, 0.2) is 18.2 Å². The molecule has 1 aromatic carbocycles. The third kappa shape index (κ3) is 3.70. The average molecular weight is 259 g/mol. The number of carbonyl (C=O) groups is 1. The topological polar surface area (TPSA) is 37.3 Å². The van der Waals surface area contributed by atoms with Gasteiger partial charge in [0.1, 0.15) is 5.67 Å². The molecular formula is C13H16ClFO2. The van der Waals surface area contributed by atoms with Gasteiger partial charge >= 0.3 is 5.97 Å². The maximum absolute atomic E-state index is 13.7. The summed E-state index contributed by atoms with van der Waals surface area (Å²) in [5, 5.41) is 9.23. The third-order valence-electron chi connectivity index (χ3n) is 2.69. The second-order valence-electron chi connectivity index (χ2n) is 4.72. The van der Waals surface area contributed by atoms with Gasteiger partial charge in [0.25, 0.3) is 0 Å². The van der Waals surface area contributed by atoms with Crippen LogP contribution < -0.4 is 0 Å². The molecule has 0 aliphatic heterocycles. The Morgan fingerprint density at radius 3 is 2.53 bits per heavy atom. The minimum absolute atomic E-state index is 0.348. The van der Waals surface area contributed by atoms with Crippen LogP contribution in [0, 0.1) is 5.92 Å². The van der Waals surface area contributed by atoms with Crippen molar-refractivity contribution in [3.8, 4) is 0 Å². The largest absolute Gasteiger partial charge is 0.481 e. The first kappa shape index (κ1) is 14.0. The van der Waals surface area contributed by atoms with Crippen LogP contribution in [0.2, 0.25) is 5.02 Å². The van der Waals surface area contributed by atoms with Crippen molar-refractivity contribution in [2.75, 3.05) is 0 Å². The highest BCUT2D eigenvalue weighted by molar-refractivity contribution is 6.31. The lowest BCUT2D eigenvalue weighted by molar-refractivity contribution is -0.141. The van der Waals surface area contributed by atoms with Gasteiger partial charge in [0, 0.05) is 5.02 Å². The first-order valence-electron chi connectivity index (χ1n) is 5.42. The molecule has 1 N–H and O–H groups in total. The summed E-state index contributed by atoms with van der Waals surface area (Å²) in [7, 11) is 0. The lowest BCUT2D eigenvalue weighted by atomic mass is 9.95. The molecule has 1 aromatic rings. The number of benzene rings is 1. The van der Waals surface area contributed by atoms with Crippen LogP contribution in [0.1, 0.15) is 31.9 Å². The van der Waals surface area contributed by atoms with Crippen LogP contribution in [0.3, 0.4) is 0 Å². The lowest BCUT2D eigenvalue weighted by Crippen LogP contribution is -2.13. The van der Waals surface area contributed by atoms with Gasteiger partial charge < -0.3 is 5.11 Å². The molecule has 0 saturated heterocycles. The summed E-state index contributed by atoms with van der Waals surface area (Å²) in [5.74, 6) is -1.37. The lowest BCUT2D eigenvalue weighted by Gasteiger charge is -2.16. The number of rotatable bonds is 4. The van der Waals surface area contributed by atoms with E-state index < -0.39 is 17.6 Å². The van der Waals surface area contributed by atoms with E-state index in [9.17, 15) is 9.18 Å². The van der Waals surface area contributed by atoms with Gasteiger partial charge in [-0.3, -0.25) is 4.79 Å². The summed E-state index contributed by atoms with van der Waals surface area (Å²) in [6.45, 7) is 4.53. The van der Waals surface area contributed by atoms with E-state index in [0.717, 1.165) is 5.56 Å². The Hall–Kier alpha value is -1.09. The van der Waals surface area contributed by atoms with E-state index in [1.807, 2.05) is 0 Å². The van der Waals surface area contributed by atoms with Crippen LogP contribution in [-0.4, -0.2) is 11.1 Å². The minimum atomic E-state index is -1.44. The Morgan fingerprint density at radius 2 is 2.12 bits per heavy atom. The number of aliphatic carboxylic acids is 1. The van der Waals surface area contributed by atoms with Gasteiger partial charge in [-0.05, 0) is 37.5 Å². The molecule has 94 valence electrons. The van der Waals surface area contributed by atoms with Crippen LogP contribution >= 0.6 is 11.6 Å².